The monoisotopic (exact) mass is 296 g/mol. The minimum absolute atomic E-state index is 0.331. The Hall–Kier alpha value is -2.71. The molecule has 3 nitrogen and oxygen atoms in total. The van der Waals surface area contributed by atoms with Crippen LogP contribution in [0, 0.1) is 17.1 Å². The molecule has 2 heterocycles. The van der Waals surface area contributed by atoms with E-state index in [1.807, 2.05) is 0 Å². The highest BCUT2D eigenvalue weighted by atomic mass is 32.1. The molecule has 0 aliphatic carbocycles. The number of nitrogens with zero attached hydrogens (tertiary/aromatic N) is 2. The largest absolute Gasteiger partial charge is 0.465 e. The minimum Gasteiger partial charge on any atom is -0.465 e. The molecular weight excluding hydrogens is 287 g/mol. The molecule has 0 fully saturated rings. The van der Waals surface area contributed by atoms with Crippen LogP contribution in [0.3, 0.4) is 0 Å². The molecule has 1 aromatic carbocycles. The van der Waals surface area contributed by atoms with Crippen molar-refractivity contribution in [2.45, 2.75) is 0 Å². The van der Waals surface area contributed by atoms with Crippen molar-refractivity contribution in [1.82, 2.24) is 4.98 Å². The Bertz CT molecular complexity index is 828. The number of nitriles is 1. The van der Waals surface area contributed by atoms with Crippen LogP contribution >= 0.6 is 11.3 Å². The molecule has 0 spiro atoms. The van der Waals surface area contributed by atoms with E-state index in [1.165, 1.54) is 23.7 Å². The summed E-state index contributed by atoms with van der Waals surface area (Å²) in [5.74, 6) is 0.247. The quantitative estimate of drug-likeness (QED) is 0.663. The van der Waals surface area contributed by atoms with Crippen molar-refractivity contribution >= 4 is 23.0 Å². The highest BCUT2D eigenvalue weighted by Gasteiger charge is 2.12. The van der Waals surface area contributed by atoms with Gasteiger partial charge in [0.1, 0.15) is 22.7 Å². The second kappa shape index (κ2) is 5.73. The molecule has 102 valence electrons. The van der Waals surface area contributed by atoms with Gasteiger partial charge in [-0.05, 0) is 24.3 Å². The second-order valence-corrected chi connectivity index (χ2v) is 5.06. The lowest BCUT2D eigenvalue weighted by Crippen LogP contribution is -1.85. The number of furan rings is 1. The molecule has 0 aliphatic rings. The maximum absolute atomic E-state index is 13.7. The first-order valence-corrected chi connectivity index (χ1v) is 7.02. The minimum atomic E-state index is -0.331. The molecule has 0 amide bonds. The van der Waals surface area contributed by atoms with Gasteiger partial charge in [0.2, 0.25) is 0 Å². The fourth-order valence-electron chi connectivity index (χ4n) is 1.85. The lowest BCUT2D eigenvalue weighted by Gasteiger charge is -1.97. The van der Waals surface area contributed by atoms with Gasteiger partial charge in [-0.15, -0.1) is 11.3 Å². The van der Waals surface area contributed by atoms with Crippen LogP contribution in [-0.4, -0.2) is 4.98 Å². The number of rotatable bonds is 3. The summed E-state index contributed by atoms with van der Waals surface area (Å²) in [6, 6.07) is 12.0. The Balaban J connectivity index is 1.98. The predicted octanol–water partition coefficient (Wildman–Crippen LogP) is 4.61. The lowest BCUT2D eigenvalue weighted by molar-refractivity contribution is 0.557. The van der Waals surface area contributed by atoms with Gasteiger partial charge < -0.3 is 4.42 Å². The molecule has 0 saturated carbocycles. The van der Waals surface area contributed by atoms with Crippen molar-refractivity contribution in [3.8, 4) is 17.3 Å². The number of thiazole rings is 1. The number of benzene rings is 1. The SMILES string of the molecule is N#CC(=Cc1ccco1)c1nc(-c2ccccc2F)cs1. The Labute approximate surface area is 124 Å². The van der Waals surface area contributed by atoms with Crippen molar-refractivity contribution < 1.29 is 8.81 Å². The molecule has 0 bridgehead atoms. The Kier molecular flexibility index (Phi) is 3.63. The molecule has 0 unspecified atom stereocenters. The summed E-state index contributed by atoms with van der Waals surface area (Å²) in [7, 11) is 0. The first kappa shape index (κ1) is 13.3. The maximum atomic E-state index is 13.7. The van der Waals surface area contributed by atoms with E-state index in [1.54, 1.807) is 41.8 Å². The normalized spacial score (nSPS) is 11.3. The zero-order valence-corrected chi connectivity index (χ0v) is 11.6. The van der Waals surface area contributed by atoms with Crippen LogP contribution in [0.15, 0.2) is 52.5 Å². The molecule has 2 aromatic heterocycles. The van der Waals surface area contributed by atoms with Crippen molar-refractivity contribution in [1.29, 1.82) is 5.26 Å². The van der Waals surface area contributed by atoms with Crippen LogP contribution in [0.4, 0.5) is 4.39 Å². The summed E-state index contributed by atoms with van der Waals surface area (Å²) in [6.45, 7) is 0. The zero-order chi connectivity index (χ0) is 14.7. The van der Waals surface area contributed by atoms with Crippen molar-refractivity contribution in [3.63, 3.8) is 0 Å². The number of allylic oxidation sites excluding steroid dienone is 1. The number of aromatic nitrogens is 1. The summed E-state index contributed by atoms with van der Waals surface area (Å²) in [5, 5.41) is 11.5. The van der Waals surface area contributed by atoms with Gasteiger partial charge in [-0.2, -0.15) is 5.26 Å². The first-order chi connectivity index (χ1) is 10.3. The van der Waals surface area contributed by atoms with Crippen molar-refractivity contribution in [2.24, 2.45) is 0 Å². The van der Waals surface area contributed by atoms with Gasteiger partial charge in [-0.25, -0.2) is 9.37 Å². The highest BCUT2D eigenvalue weighted by Crippen LogP contribution is 2.28. The van der Waals surface area contributed by atoms with Gasteiger partial charge in [0.05, 0.1) is 17.5 Å². The van der Waals surface area contributed by atoms with E-state index in [0.29, 0.717) is 27.6 Å². The van der Waals surface area contributed by atoms with Gasteiger partial charge in [0.25, 0.3) is 0 Å². The van der Waals surface area contributed by atoms with Gasteiger partial charge in [0.15, 0.2) is 0 Å². The molecule has 0 saturated heterocycles. The number of halogens is 1. The molecule has 3 aromatic rings. The van der Waals surface area contributed by atoms with Gasteiger partial charge in [-0.3, -0.25) is 0 Å². The molecule has 0 aliphatic heterocycles. The maximum Gasteiger partial charge on any atom is 0.134 e. The highest BCUT2D eigenvalue weighted by molar-refractivity contribution is 7.11. The van der Waals surface area contributed by atoms with Gasteiger partial charge in [-0.1, -0.05) is 12.1 Å². The van der Waals surface area contributed by atoms with Crippen molar-refractivity contribution in [2.75, 3.05) is 0 Å². The number of hydrogen-bond acceptors (Lipinski definition) is 4. The summed E-state index contributed by atoms with van der Waals surface area (Å²) in [5.41, 5.74) is 1.33. The third-order valence-electron chi connectivity index (χ3n) is 2.83. The molecule has 0 atom stereocenters. The van der Waals surface area contributed by atoms with E-state index in [4.69, 9.17) is 4.42 Å². The van der Waals surface area contributed by atoms with Crippen LogP contribution < -0.4 is 0 Å². The Morgan fingerprint density at radius 2 is 2.14 bits per heavy atom. The average molecular weight is 296 g/mol. The Morgan fingerprint density at radius 1 is 1.29 bits per heavy atom. The van der Waals surface area contributed by atoms with E-state index in [9.17, 15) is 9.65 Å². The van der Waals surface area contributed by atoms with Crippen LogP contribution in [-0.2, 0) is 0 Å². The fourth-order valence-corrected chi connectivity index (χ4v) is 2.63. The summed E-state index contributed by atoms with van der Waals surface area (Å²) < 4.78 is 18.9. The van der Waals surface area contributed by atoms with E-state index in [2.05, 4.69) is 11.1 Å². The zero-order valence-electron chi connectivity index (χ0n) is 10.8. The molecule has 21 heavy (non-hydrogen) atoms. The van der Waals surface area contributed by atoms with E-state index in [-0.39, 0.29) is 5.82 Å². The van der Waals surface area contributed by atoms with Crippen molar-refractivity contribution in [3.05, 3.63) is 64.6 Å². The molecule has 0 radical (unpaired) electrons. The fraction of sp³-hybridized carbons (Fsp3) is 0. The second-order valence-electron chi connectivity index (χ2n) is 4.20. The molecule has 5 heteroatoms. The molecule has 0 N–H and O–H groups in total. The summed E-state index contributed by atoms with van der Waals surface area (Å²) in [4.78, 5) is 4.34. The third-order valence-corrected chi connectivity index (χ3v) is 3.71. The third kappa shape index (κ3) is 2.76. The van der Waals surface area contributed by atoms with Crippen LogP contribution in [0.2, 0.25) is 0 Å². The predicted molar refractivity (Wildman–Crippen MR) is 79.7 cm³/mol. The number of hydrogen-bond donors (Lipinski definition) is 0. The van der Waals surface area contributed by atoms with Gasteiger partial charge >= 0.3 is 0 Å². The standard InChI is InChI=1S/C16H9FN2OS/c17-14-6-2-1-5-13(14)15-10-21-16(19-15)11(9-18)8-12-4-3-7-20-12/h1-8,10H. The molecule has 3 rings (SSSR count). The van der Waals surface area contributed by atoms with Crippen LogP contribution in [0.5, 0.6) is 0 Å². The van der Waals surface area contributed by atoms with E-state index in [0.717, 1.165) is 0 Å². The summed E-state index contributed by atoms with van der Waals surface area (Å²) >= 11 is 1.30. The Morgan fingerprint density at radius 3 is 2.86 bits per heavy atom. The van der Waals surface area contributed by atoms with E-state index < -0.39 is 0 Å². The first-order valence-electron chi connectivity index (χ1n) is 6.14. The smallest absolute Gasteiger partial charge is 0.134 e. The van der Waals surface area contributed by atoms with Gasteiger partial charge in [0, 0.05) is 17.0 Å². The average Bonchev–Trinajstić information content (AvgIpc) is 3.17. The topological polar surface area (TPSA) is 49.8 Å². The lowest BCUT2D eigenvalue weighted by atomic mass is 10.1. The summed E-state index contributed by atoms with van der Waals surface area (Å²) in [6.07, 6.45) is 3.15. The van der Waals surface area contributed by atoms with E-state index >= 15 is 0 Å². The van der Waals surface area contributed by atoms with Crippen LogP contribution in [0.1, 0.15) is 10.8 Å². The molecular formula is C16H9FN2OS. The van der Waals surface area contributed by atoms with Crippen LogP contribution in [0.25, 0.3) is 22.9 Å².